The molecule has 3 heteroatoms. The molecule has 0 saturated carbocycles. The molecule has 2 atom stereocenters. The van der Waals surface area contributed by atoms with E-state index in [-0.39, 0.29) is 17.5 Å². The molecule has 2 aliphatic rings. The Kier molecular flexibility index (Phi) is 3.44. The Hall–Kier alpha value is -1.35. The molecule has 1 aliphatic carbocycles. The number of carbonyl (C=O) groups excluding carboxylic acids is 1. The summed E-state index contributed by atoms with van der Waals surface area (Å²) >= 11 is 0. The highest BCUT2D eigenvalue weighted by molar-refractivity contribution is 5.91. The minimum absolute atomic E-state index is 0.200. The summed E-state index contributed by atoms with van der Waals surface area (Å²) in [5.74, 6) is -0.200. The Morgan fingerprint density at radius 1 is 1.44 bits per heavy atom. The van der Waals surface area contributed by atoms with Crippen molar-refractivity contribution in [2.45, 2.75) is 45.8 Å². The smallest absolute Gasteiger partial charge is 0.334 e. The summed E-state index contributed by atoms with van der Waals surface area (Å²) in [6, 6.07) is 0. The van der Waals surface area contributed by atoms with Crippen molar-refractivity contribution in [3.63, 3.8) is 0 Å². The third-order valence-corrected chi connectivity index (χ3v) is 3.64. The maximum atomic E-state index is 11.7. The van der Waals surface area contributed by atoms with Crippen LogP contribution in [-0.2, 0) is 9.53 Å². The van der Waals surface area contributed by atoms with Gasteiger partial charge in [0.25, 0.3) is 0 Å². The van der Waals surface area contributed by atoms with Crippen LogP contribution < -0.4 is 0 Å². The van der Waals surface area contributed by atoms with Gasteiger partial charge < -0.3 is 9.84 Å². The van der Waals surface area contributed by atoms with Crippen molar-refractivity contribution in [3.8, 4) is 0 Å². The molecular formula is C15H20O3. The zero-order valence-corrected chi connectivity index (χ0v) is 11.1. The monoisotopic (exact) mass is 248 g/mol. The quantitative estimate of drug-likeness (QED) is 0.529. The van der Waals surface area contributed by atoms with E-state index in [1.165, 1.54) is 0 Å². The van der Waals surface area contributed by atoms with E-state index >= 15 is 0 Å². The lowest BCUT2D eigenvalue weighted by molar-refractivity contribution is -0.142. The number of rotatable bonds is 0. The van der Waals surface area contributed by atoms with Gasteiger partial charge in [0.15, 0.2) is 0 Å². The number of hydrogen-bond donors (Lipinski definition) is 1. The Bertz CT molecular complexity index is 441. The van der Waals surface area contributed by atoms with Crippen molar-refractivity contribution >= 4 is 5.97 Å². The summed E-state index contributed by atoms with van der Waals surface area (Å²) < 4.78 is 5.39. The van der Waals surface area contributed by atoms with Crippen molar-refractivity contribution in [1.82, 2.24) is 0 Å². The van der Waals surface area contributed by atoms with E-state index < -0.39 is 6.10 Å². The lowest BCUT2D eigenvalue weighted by atomic mass is 9.85. The van der Waals surface area contributed by atoms with Crippen molar-refractivity contribution in [2.24, 2.45) is 5.41 Å². The summed E-state index contributed by atoms with van der Waals surface area (Å²) in [7, 11) is 0. The highest BCUT2D eigenvalue weighted by Gasteiger charge is 2.35. The van der Waals surface area contributed by atoms with Gasteiger partial charge >= 0.3 is 5.97 Å². The van der Waals surface area contributed by atoms with Gasteiger partial charge in [-0.1, -0.05) is 32.1 Å². The van der Waals surface area contributed by atoms with E-state index in [9.17, 15) is 9.90 Å². The van der Waals surface area contributed by atoms with Crippen LogP contribution in [0, 0.1) is 5.41 Å². The first-order chi connectivity index (χ1) is 8.40. The fourth-order valence-electron chi connectivity index (χ4n) is 2.19. The minimum atomic E-state index is -0.554. The number of fused-ring (bicyclic) bond motifs is 1. The molecule has 98 valence electrons. The molecular weight excluding hydrogens is 228 g/mol. The van der Waals surface area contributed by atoms with Crippen molar-refractivity contribution in [3.05, 3.63) is 35.5 Å². The number of esters is 1. The van der Waals surface area contributed by atoms with Gasteiger partial charge in [-0.25, -0.2) is 4.79 Å². The summed E-state index contributed by atoms with van der Waals surface area (Å²) in [5, 5.41) is 9.97. The Morgan fingerprint density at radius 2 is 2.17 bits per heavy atom. The third-order valence-electron chi connectivity index (χ3n) is 3.64. The maximum absolute atomic E-state index is 11.7. The minimum Gasteiger partial charge on any atom is -0.454 e. The summed E-state index contributed by atoms with van der Waals surface area (Å²) in [6.07, 6.45) is 8.25. The average molecular weight is 248 g/mol. The fraction of sp³-hybridized carbons (Fsp3) is 0.533. The van der Waals surface area contributed by atoms with Crippen LogP contribution in [0.1, 0.15) is 33.6 Å². The number of carbonyl (C=O) groups is 1. The SMILES string of the molecule is C/C1=C\CCC2=C[C@@H](OC2=O)C(C)(C)/C=C/[C@@H]1O. The Morgan fingerprint density at radius 3 is 2.89 bits per heavy atom. The second kappa shape index (κ2) is 4.73. The standard InChI is InChI=1S/C15H20O3/c1-10-5-4-6-11-9-13(18-14(11)17)15(2,3)8-7-12(10)16/h5,7-9,12-13,16H,4,6H2,1-3H3/b8-7+,10-5+/t12-,13+/m0/s1. The van der Waals surface area contributed by atoms with Crippen LogP contribution in [0.3, 0.4) is 0 Å². The number of hydrogen-bond acceptors (Lipinski definition) is 3. The second-order valence-electron chi connectivity index (χ2n) is 5.63. The zero-order valence-electron chi connectivity index (χ0n) is 11.1. The van der Waals surface area contributed by atoms with Gasteiger partial charge in [0.2, 0.25) is 0 Å². The summed E-state index contributed by atoms with van der Waals surface area (Å²) in [5.41, 5.74) is 1.37. The van der Waals surface area contributed by atoms with Gasteiger partial charge in [0, 0.05) is 11.0 Å². The molecule has 1 N–H and O–H groups in total. The van der Waals surface area contributed by atoms with Gasteiger partial charge in [-0.2, -0.15) is 0 Å². The molecule has 2 rings (SSSR count). The summed E-state index contributed by atoms with van der Waals surface area (Å²) in [6.45, 7) is 5.92. The molecule has 0 spiro atoms. The van der Waals surface area contributed by atoms with Crippen LogP contribution in [0.15, 0.2) is 35.5 Å². The average Bonchev–Trinajstić information content (AvgIpc) is 2.67. The van der Waals surface area contributed by atoms with Gasteiger partial charge in [0.1, 0.15) is 6.10 Å². The van der Waals surface area contributed by atoms with Gasteiger partial charge in [0.05, 0.1) is 6.10 Å². The molecule has 0 aromatic heterocycles. The lowest BCUT2D eigenvalue weighted by Crippen LogP contribution is -2.27. The van der Waals surface area contributed by atoms with Crippen LogP contribution in [0.5, 0.6) is 0 Å². The van der Waals surface area contributed by atoms with Crippen LogP contribution >= 0.6 is 0 Å². The van der Waals surface area contributed by atoms with E-state index in [1.807, 2.05) is 39.0 Å². The second-order valence-corrected chi connectivity index (χ2v) is 5.63. The molecule has 0 aromatic rings. The molecule has 3 nitrogen and oxygen atoms in total. The van der Waals surface area contributed by atoms with Crippen molar-refractivity contribution in [1.29, 1.82) is 0 Å². The largest absolute Gasteiger partial charge is 0.454 e. The third kappa shape index (κ3) is 2.56. The number of aliphatic hydroxyl groups excluding tert-OH is 1. The number of ether oxygens (including phenoxy) is 1. The lowest BCUT2D eigenvalue weighted by Gasteiger charge is -2.26. The molecule has 0 aromatic carbocycles. The Labute approximate surface area is 108 Å². The highest BCUT2D eigenvalue weighted by Crippen LogP contribution is 2.33. The van der Waals surface area contributed by atoms with Gasteiger partial charge in [-0.3, -0.25) is 0 Å². The number of aliphatic hydroxyl groups is 1. The van der Waals surface area contributed by atoms with E-state index in [4.69, 9.17) is 4.74 Å². The van der Waals surface area contributed by atoms with Crippen LogP contribution in [0.25, 0.3) is 0 Å². The molecule has 1 heterocycles. The topological polar surface area (TPSA) is 46.5 Å². The van der Waals surface area contributed by atoms with E-state index in [1.54, 1.807) is 6.08 Å². The van der Waals surface area contributed by atoms with Crippen LogP contribution in [-0.4, -0.2) is 23.3 Å². The maximum Gasteiger partial charge on any atom is 0.334 e. The van der Waals surface area contributed by atoms with E-state index in [0.29, 0.717) is 6.42 Å². The van der Waals surface area contributed by atoms with Crippen LogP contribution in [0.4, 0.5) is 0 Å². The molecule has 18 heavy (non-hydrogen) atoms. The number of allylic oxidation sites excluding steroid dienone is 1. The highest BCUT2D eigenvalue weighted by atomic mass is 16.5. The molecule has 2 bridgehead atoms. The normalized spacial score (nSPS) is 35.9. The first-order valence-corrected chi connectivity index (χ1v) is 6.36. The summed E-state index contributed by atoms with van der Waals surface area (Å²) in [4.78, 5) is 11.7. The van der Waals surface area contributed by atoms with E-state index in [2.05, 4.69) is 0 Å². The van der Waals surface area contributed by atoms with Crippen molar-refractivity contribution in [2.75, 3.05) is 0 Å². The zero-order chi connectivity index (χ0) is 13.3. The molecule has 0 saturated heterocycles. The molecule has 1 aliphatic heterocycles. The molecule has 0 amide bonds. The predicted octanol–water partition coefficient (Wildman–Crippen LogP) is 2.52. The first-order valence-electron chi connectivity index (χ1n) is 6.36. The van der Waals surface area contributed by atoms with Crippen LogP contribution in [0.2, 0.25) is 0 Å². The molecule has 0 radical (unpaired) electrons. The van der Waals surface area contributed by atoms with Gasteiger partial charge in [-0.05, 0) is 31.4 Å². The van der Waals surface area contributed by atoms with Crippen molar-refractivity contribution < 1.29 is 14.6 Å². The molecule has 0 unspecified atom stereocenters. The van der Waals surface area contributed by atoms with Gasteiger partial charge in [-0.15, -0.1) is 0 Å². The fourth-order valence-corrected chi connectivity index (χ4v) is 2.19. The van der Waals surface area contributed by atoms with E-state index in [0.717, 1.165) is 17.6 Å². The molecule has 0 fully saturated rings. The first kappa shape index (κ1) is 13.1. The Balaban J connectivity index is 2.34. The predicted molar refractivity (Wildman–Crippen MR) is 69.9 cm³/mol.